The van der Waals surface area contributed by atoms with E-state index in [2.05, 4.69) is 0 Å². The van der Waals surface area contributed by atoms with Crippen LogP contribution < -0.4 is 34.0 Å². The lowest BCUT2D eigenvalue weighted by Gasteiger charge is -2.03. The van der Waals surface area contributed by atoms with Crippen molar-refractivity contribution in [2.24, 2.45) is 0 Å². The van der Waals surface area contributed by atoms with E-state index in [4.69, 9.17) is 11.5 Å². The summed E-state index contributed by atoms with van der Waals surface area (Å²) in [6.45, 7) is 0. The molecule has 2 aromatic rings. The first-order valence-electron chi connectivity index (χ1n) is 5.55. The van der Waals surface area contributed by atoms with Crippen molar-refractivity contribution < 1.29 is 19.8 Å². The fourth-order valence-electron chi connectivity index (χ4n) is 1.37. The van der Waals surface area contributed by atoms with Crippen molar-refractivity contribution >= 4 is 23.3 Å². The Labute approximate surface area is 127 Å². The highest BCUT2D eigenvalue weighted by atomic mass is 16.4. The van der Waals surface area contributed by atoms with E-state index in [-0.39, 0.29) is 34.8 Å². The molecule has 0 fully saturated rings. The number of hydrogen-bond donors (Lipinski definition) is 4. The summed E-state index contributed by atoms with van der Waals surface area (Å²) in [4.78, 5) is 20.5. The summed E-state index contributed by atoms with van der Waals surface area (Å²) in [6.07, 6.45) is 0. The van der Waals surface area contributed by atoms with Crippen molar-refractivity contribution in [3.05, 3.63) is 59.7 Å². The third kappa shape index (κ3) is 5.90. The fourth-order valence-corrected chi connectivity index (χ4v) is 1.37. The first-order valence-corrected chi connectivity index (χ1v) is 5.55. The van der Waals surface area contributed by atoms with Crippen molar-refractivity contribution in [2.75, 3.05) is 11.5 Å². The fraction of sp³-hybridized carbons (Fsp3) is 0. The Morgan fingerprint density at radius 3 is 1.14 bits per heavy atom. The molecule has 0 heterocycles. The lowest BCUT2D eigenvalue weighted by Crippen LogP contribution is -2.23. The largest absolute Gasteiger partial charge is 0.545 e. The molecule has 22 heavy (non-hydrogen) atoms. The van der Waals surface area contributed by atoms with Gasteiger partial charge in [0.2, 0.25) is 0 Å². The summed E-state index contributed by atoms with van der Waals surface area (Å²) >= 11 is 0. The van der Waals surface area contributed by atoms with Crippen LogP contribution in [0.2, 0.25) is 0 Å². The molecule has 120 valence electrons. The molecule has 0 atom stereocenters. The van der Waals surface area contributed by atoms with Crippen LogP contribution in [0.15, 0.2) is 48.5 Å². The van der Waals surface area contributed by atoms with Gasteiger partial charge in [-0.25, -0.2) is 0 Å². The molecule has 0 amide bonds. The summed E-state index contributed by atoms with van der Waals surface area (Å²) in [5.74, 6) is -2.48. The number of carbonyl (C=O) groups excluding carboxylic acids is 2. The van der Waals surface area contributed by atoms with Crippen LogP contribution >= 0.6 is 0 Å². The topological polar surface area (TPSA) is 205 Å². The summed E-state index contributed by atoms with van der Waals surface area (Å²) < 4.78 is 0. The molecule has 0 bridgehead atoms. The second-order valence-corrected chi connectivity index (χ2v) is 3.75. The molecule has 0 unspecified atom stereocenters. The number of carboxylic acid groups (broad SMARTS) is 2. The Hall–Kier alpha value is -3.10. The number of para-hydroxylation sites is 2. The summed E-state index contributed by atoms with van der Waals surface area (Å²) in [5.41, 5.74) is 11.2. The van der Waals surface area contributed by atoms with Crippen LogP contribution in [-0.4, -0.2) is 11.9 Å². The van der Waals surface area contributed by atoms with E-state index in [1.54, 1.807) is 24.3 Å². The van der Waals surface area contributed by atoms with Crippen molar-refractivity contribution in [3.63, 3.8) is 0 Å². The van der Waals surface area contributed by atoms with Gasteiger partial charge < -0.3 is 43.6 Å². The molecule has 0 aliphatic carbocycles. The van der Waals surface area contributed by atoms with Gasteiger partial charge in [0.05, 0.1) is 11.9 Å². The number of quaternary nitrogens is 2. The molecule has 0 aliphatic heterocycles. The minimum atomic E-state index is -1.24. The lowest BCUT2D eigenvalue weighted by molar-refractivity contribution is -0.256. The Kier molecular flexibility index (Phi) is 9.40. The maximum absolute atomic E-state index is 10.2. The molecule has 0 spiro atoms. The molecule has 0 radical (unpaired) electrons. The van der Waals surface area contributed by atoms with E-state index in [0.717, 1.165) is 0 Å². The van der Waals surface area contributed by atoms with Gasteiger partial charge in [0.1, 0.15) is 0 Å². The van der Waals surface area contributed by atoms with Crippen molar-refractivity contribution in [2.45, 2.75) is 0 Å². The highest BCUT2D eigenvalue weighted by Crippen LogP contribution is 2.08. The van der Waals surface area contributed by atoms with Gasteiger partial charge >= 0.3 is 0 Å². The number of nitrogen functional groups attached to an aromatic ring is 2. The van der Waals surface area contributed by atoms with Crippen molar-refractivity contribution in [3.8, 4) is 0 Å². The molecule has 8 heteroatoms. The van der Waals surface area contributed by atoms with Crippen LogP contribution in [0.5, 0.6) is 0 Å². The Morgan fingerprint density at radius 1 is 0.682 bits per heavy atom. The molecule has 12 N–H and O–H groups in total. The zero-order chi connectivity index (χ0) is 15.1. The lowest BCUT2D eigenvalue weighted by atomic mass is 10.2. The molecule has 0 saturated carbocycles. The average Bonchev–Trinajstić information content (AvgIpc) is 2.40. The predicted molar refractivity (Wildman–Crippen MR) is 82.3 cm³/mol. The number of carbonyl (C=O) groups is 2. The van der Waals surface area contributed by atoms with Gasteiger partial charge in [-0.05, 0) is 12.1 Å². The summed E-state index contributed by atoms with van der Waals surface area (Å²) in [6, 6.07) is 12.4. The molecule has 0 aliphatic rings. The quantitative estimate of drug-likeness (QED) is 0.561. The maximum Gasteiger partial charge on any atom is 0.0735 e. The van der Waals surface area contributed by atoms with Crippen LogP contribution in [0.1, 0.15) is 20.7 Å². The van der Waals surface area contributed by atoms with E-state index in [0.29, 0.717) is 0 Å². The van der Waals surface area contributed by atoms with Gasteiger partial charge in [-0.15, -0.1) is 0 Å². The minimum Gasteiger partial charge on any atom is -0.545 e. The number of aromatic carboxylic acids is 2. The van der Waals surface area contributed by atoms with Gasteiger partial charge in [-0.2, -0.15) is 0 Å². The first-order chi connectivity index (χ1) is 9.43. The standard InChI is InChI=1S/2C7H7NO2.2H3N/c2*8-6-4-2-1-3-5(6)7(9)10;;/h2*1-4H,8H2,(H,9,10);2*1H3. The Bertz CT molecular complexity index is 576. The zero-order valence-electron chi connectivity index (χ0n) is 12.4. The Morgan fingerprint density at radius 2 is 0.955 bits per heavy atom. The summed E-state index contributed by atoms with van der Waals surface area (Å²) in [5, 5.41) is 20.5. The molecular weight excluding hydrogens is 288 g/mol. The number of benzene rings is 2. The van der Waals surface area contributed by atoms with Crippen LogP contribution in [0, 0.1) is 0 Å². The van der Waals surface area contributed by atoms with E-state index < -0.39 is 11.9 Å². The van der Waals surface area contributed by atoms with Crippen molar-refractivity contribution in [1.82, 2.24) is 12.3 Å². The summed E-state index contributed by atoms with van der Waals surface area (Å²) in [7, 11) is 0. The monoisotopic (exact) mass is 308 g/mol. The number of carboxylic acids is 2. The van der Waals surface area contributed by atoms with E-state index in [1.807, 2.05) is 0 Å². The number of hydrogen-bond acceptors (Lipinski definition) is 6. The predicted octanol–water partition coefficient (Wildman–Crippen LogP) is 0.0170. The van der Waals surface area contributed by atoms with Gasteiger partial charge in [0.25, 0.3) is 0 Å². The average molecular weight is 308 g/mol. The van der Waals surface area contributed by atoms with E-state index in [9.17, 15) is 19.8 Å². The first kappa shape index (κ1) is 21.2. The van der Waals surface area contributed by atoms with Gasteiger partial charge in [0.15, 0.2) is 0 Å². The van der Waals surface area contributed by atoms with Crippen LogP contribution in [-0.2, 0) is 0 Å². The second kappa shape index (κ2) is 9.75. The molecular formula is C14H20N4O4. The third-order valence-electron chi connectivity index (χ3n) is 2.36. The van der Waals surface area contributed by atoms with E-state index >= 15 is 0 Å². The zero-order valence-corrected chi connectivity index (χ0v) is 12.4. The third-order valence-corrected chi connectivity index (χ3v) is 2.36. The normalized spacial score (nSPS) is 8.36. The van der Waals surface area contributed by atoms with Crippen LogP contribution in [0.25, 0.3) is 0 Å². The Balaban J connectivity index is 0. The number of nitrogens with two attached hydrogens (primary N) is 2. The SMILES string of the molecule is Nc1ccccc1C(=O)[O-].Nc1ccccc1C(=O)[O-].[NH4+].[NH4+]. The van der Waals surface area contributed by atoms with Crippen molar-refractivity contribution in [1.29, 1.82) is 0 Å². The van der Waals surface area contributed by atoms with Gasteiger partial charge in [-0.3, -0.25) is 0 Å². The highest BCUT2D eigenvalue weighted by Gasteiger charge is 1.95. The molecule has 0 saturated heterocycles. The van der Waals surface area contributed by atoms with Gasteiger partial charge in [-0.1, -0.05) is 36.4 Å². The molecule has 8 nitrogen and oxygen atoms in total. The van der Waals surface area contributed by atoms with Crippen LogP contribution in [0.3, 0.4) is 0 Å². The second-order valence-electron chi connectivity index (χ2n) is 3.75. The minimum absolute atomic E-state index is 0. The number of anilines is 2. The van der Waals surface area contributed by atoms with Crippen LogP contribution in [0.4, 0.5) is 11.4 Å². The maximum atomic E-state index is 10.2. The molecule has 2 rings (SSSR count). The molecule has 2 aromatic carbocycles. The highest BCUT2D eigenvalue weighted by molar-refractivity contribution is 5.92. The smallest absolute Gasteiger partial charge is 0.0735 e. The number of rotatable bonds is 2. The van der Waals surface area contributed by atoms with E-state index in [1.165, 1.54) is 24.3 Å². The molecule has 0 aromatic heterocycles. The van der Waals surface area contributed by atoms with Gasteiger partial charge in [0, 0.05) is 22.5 Å².